The van der Waals surface area contributed by atoms with Crippen molar-refractivity contribution in [3.05, 3.63) is 129 Å². The standard InChI is InChI=1S/C39H42F4N6OS/c1-3-47(4-2)23-6-5-10-35-45-46-36(49(35)24-27-11-15-29(16-12-27)30-17-19-31(20-18-30)39(41,42)43)25-48-34-9-7-8-33(34)37(50)44-38(48)51-26-28-13-21-32(40)22-14-28/h11-22H,3-10,23-26H2,1-2H3. The zero-order valence-corrected chi connectivity index (χ0v) is 29.7. The van der Waals surface area contributed by atoms with E-state index < -0.39 is 11.7 Å². The molecule has 3 aromatic carbocycles. The van der Waals surface area contributed by atoms with Crippen molar-refractivity contribution in [1.29, 1.82) is 0 Å². The Bertz CT molecular complexity index is 1970. The van der Waals surface area contributed by atoms with Gasteiger partial charge in [0.1, 0.15) is 11.6 Å². The van der Waals surface area contributed by atoms with E-state index in [9.17, 15) is 22.4 Å². The van der Waals surface area contributed by atoms with Gasteiger partial charge in [-0.2, -0.15) is 18.2 Å². The molecule has 5 aromatic rings. The van der Waals surface area contributed by atoms with Crippen LogP contribution < -0.4 is 5.56 Å². The number of aromatic nitrogens is 5. The Morgan fingerprint density at radius 3 is 2.10 bits per heavy atom. The van der Waals surface area contributed by atoms with Crippen molar-refractivity contribution in [2.45, 2.75) is 82.5 Å². The van der Waals surface area contributed by atoms with Crippen molar-refractivity contribution in [2.24, 2.45) is 0 Å². The molecule has 268 valence electrons. The molecule has 1 aliphatic rings. The molecule has 0 aliphatic heterocycles. The highest BCUT2D eigenvalue weighted by Gasteiger charge is 2.30. The van der Waals surface area contributed by atoms with Crippen LogP contribution in [0.5, 0.6) is 0 Å². The number of rotatable bonds is 15. The molecule has 6 rings (SSSR count). The lowest BCUT2D eigenvalue weighted by atomic mass is 10.0. The van der Waals surface area contributed by atoms with E-state index >= 15 is 0 Å². The molecule has 0 atom stereocenters. The monoisotopic (exact) mass is 718 g/mol. The SMILES string of the molecule is CCN(CC)CCCCc1nnc(Cn2c(SCc3ccc(F)cc3)nc(=O)c3c2CCC3)n1Cc1ccc(-c2ccc(C(F)(F)F)cc2)cc1. The fourth-order valence-corrected chi connectivity index (χ4v) is 7.55. The van der Waals surface area contributed by atoms with Crippen LogP contribution in [0.2, 0.25) is 0 Å². The van der Waals surface area contributed by atoms with Crippen LogP contribution in [0.3, 0.4) is 0 Å². The number of thioether (sulfide) groups is 1. The Labute approximate surface area is 299 Å². The number of aryl methyl sites for hydroxylation is 1. The molecule has 7 nitrogen and oxygen atoms in total. The van der Waals surface area contributed by atoms with E-state index in [-0.39, 0.29) is 11.4 Å². The molecule has 0 saturated carbocycles. The van der Waals surface area contributed by atoms with Crippen LogP contribution in [0.4, 0.5) is 17.6 Å². The minimum Gasteiger partial charge on any atom is -0.316 e. The lowest BCUT2D eigenvalue weighted by molar-refractivity contribution is -0.137. The molecule has 2 aromatic heterocycles. The number of nitrogens with zero attached hydrogens (tertiary/aromatic N) is 6. The van der Waals surface area contributed by atoms with Gasteiger partial charge in [-0.1, -0.05) is 74.1 Å². The number of unbranched alkanes of at least 4 members (excludes halogenated alkanes) is 1. The van der Waals surface area contributed by atoms with Crippen LogP contribution in [-0.4, -0.2) is 48.8 Å². The van der Waals surface area contributed by atoms with Crippen molar-refractivity contribution in [3.8, 4) is 11.1 Å². The molecular weight excluding hydrogens is 677 g/mol. The van der Waals surface area contributed by atoms with Gasteiger partial charge in [0.2, 0.25) is 0 Å². The zero-order valence-electron chi connectivity index (χ0n) is 28.9. The van der Waals surface area contributed by atoms with Gasteiger partial charge in [-0.05, 0) is 98.3 Å². The van der Waals surface area contributed by atoms with Crippen LogP contribution in [0, 0.1) is 5.82 Å². The van der Waals surface area contributed by atoms with Gasteiger partial charge in [-0.3, -0.25) is 4.79 Å². The van der Waals surface area contributed by atoms with Crippen molar-refractivity contribution in [2.75, 3.05) is 19.6 Å². The Morgan fingerprint density at radius 1 is 0.784 bits per heavy atom. The number of fused-ring (bicyclic) bond motifs is 1. The molecule has 51 heavy (non-hydrogen) atoms. The average Bonchev–Trinajstić information content (AvgIpc) is 3.77. The molecule has 0 unspecified atom stereocenters. The Balaban J connectivity index is 1.28. The smallest absolute Gasteiger partial charge is 0.316 e. The zero-order chi connectivity index (χ0) is 36.0. The summed E-state index contributed by atoms with van der Waals surface area (Å²) < 4.78 is 57.1. The normalized spacial score (nSPS) is 12.9. The van der Waals surface area contributed by atoms with Gasteiger partial charge in [0.15, 0.2) is 11.0 Å². The third-order valence-corrected chi connectivity index (χ3v) is 10.6. The second-order valence-electron chi connectivity index (χ2n) is 12.9. The van der Waals surface area contributed by atoms with Crippen LogP contribution in [-0.2, 0) is 44.3 Å². The third kappa shape index (κ3) is 8.96. The van der Waals surface area contributed by atoms with Gasteiger partial charge in [0.05, 0.1) is 18.7 Å². The van der Waals surface area contributed by atoms with E-state index in [4.69, 9.17) is 5.10 Å². The highest BCUT2D eigenvalue weighted by Crippen LogP contribution is 2.31. The first-order chi connectivity index (χ1) is 24.6. The van der Waals surface area contributed by atoms with Gasteiger partial charge in [0.25, 0.3) is 5.56 Å². The number of halogens is 4. The Morgan fingerprint density at radius 2 is 1.43 bits per heavy atom. The quantitative estimate of drug-likeness (QED) is 0.0471. The summed E-state index contributed by atoms with van der Waals surface area (Å²) in [6, 6.07) is 19.4. The predicted molar refractivity (Wildman–Crippen MR) is 192 cm³/mol. The van der Waals surface area contributed by atoms with Gasteiger partial charge >= 0.3 is 6.18 Å². The Kier molecular flexibility index (Phi) is 11.7. The fraction of sp³-hybridized carbons (Fsp3) is 0.385. The van der Waals surface area contributed by atoms with Crippen LogP contribution in [0.25, 0.3) is 11.1 Å². The average molecular weight is 719 g/mol. The van der Waals surface area contributed by atoms with Crippen LogP contribution in [0.1, 0.15) is 72.7 Å². The molecule has 1 aliphatic carbocycles. The van der Waals surface area contributed by atoms with Crippen LogP contribution in [0.15, 0.2) is 82.7 Å². The minimum absolute atomic E-state index is 0.191. The summed E-state index contributed by atoms with van der Waals surface area (Å²) >= 11 is 1.45. The van der Waals surface area contributed by atoms with E-state index in [1.807, 2.05) is 24.3 Å². The summed E-state index contributed by atoms with van der Waals surface area (Å²) in [4.78, 5) is 20.0. The molecule has 0 fully saturated rings. The van der Waals surface area contributed by atoms with E-state index in [2.05, 4.69) is 38.0 Å². The Hall–Kier alpha value is -4.29. The summed E-state index contributed by atoms with van der Waals surface area (Å²) in [5.41, 5.74) is 4.33. The van der Waals surface area contributed by atoms with E-state index in [1.54, 1.807) is 12.1 Å². The largest absolute Gasteiger partial charge is 0.416 e. The lowest BCUT2D eigenvalue weighted by Crippen LogP contribution is -2.24. The summed E-state index contributed by atoms with van der Waals surface area (Å²) in [6.07, 6.45) is 0.714. The molecule has 2 heterocycles. The second kappa shape index (κ2) is 16.4. The fourth-order valence-electron chi connectivity index (χ4n) is 6.58. The first-order valence-electron chi connectivity index (χ1n) is 17.5. The van der Waals surface area contributed by atoms with Crippen molar-refractivity contribution >= 4 is 11.8 Å². The summed E-state index contributed by atoms with van der Waals surface area (Å²) in [5.74, 6) is 1.86. The maximum atomic E-state index is 13.6. The first kappa shape index (κ1) is 36.5. The molecule has 0 bridgehead atoms. The maximum absolute atomic E-state index is 13.6. The van der Waals surface area contributed by atoms with E-state index in [0.717, 1.165) is 103 Å². The van der Waals surface area contributed by atoms with Gasteiger partial charge < -0.3 is 14.0 Å². The molecule has 12 heteroatoms. The summed E-state index contributed by atoms with van der Waals surface area (Å²) in [5, 5.41) is 9.97. The van der Waals surface area contributed by atoms with Gasteiger partial charge in [-0.25, -0.2) is 4.39 Å². The number of hydrogen-bond acceptors (Lipinski definition) is 6. The highest BCUT2D eigenvalue weighted by atomic mass is 32.2. The molecule has 0 amide bonds. The van der Waals surface area contributed by atoms with E-state index in [1.165, 1.54) is 36.0 Å². The summed E-state index contributed by atoms with van der Waals surface area (Å²) in [6.45, 7) is 8.28. The second-order valence-corrected chi connectivity index (χ2v) is 13.8. The molecule has 0 N–H and O–H groups in total. The lowest BCUT2D eigenvalue weighted by Gasteiger charge is -2.19. The number of benzene rings is 3. The van der Waals surface area contributed by atoms with Crippen molar-refractivity contribution in [3.63, 3.8) is 0 Å². The summed E-state index contributed by atoms with van der Waals surface area (Å²) in [7, 11) is 0. The van der Waals surface area contributed by atoms with Crippen LogP contribution >= 0.6 is 11.8 Å². The molecule has 0 spiro atoms. The molecule has 0 saturated heterocycles. The third-order valence-electron chi connectivity index (χ3n) is 9.54. The van der Waals surface area contributed by atoms with Crippen molar-refractivity contribution in [1.82, 2.24) is 29.2 Å². The van der Waals surface area contributed by atoms with Gasteiger partial charge in [0, 0.05) is 23.4 Å². The highest BCUT2D eigenvalue weighted by molar-refractivity contribution is 7.98. The minimum atomic E-state index is -4.38. The number of alkyl halides is 3. The first-order valence-corrected chi connectivity index (χ1v) is 18.5. The maximum Gasteiger partial charge on any atom is 0.416 e. The number of hydrogen-bond donors (Lipinski definition) is 0. The molecular formula is C39H42F4N6OS. The van der Waals surface area contributed by atoms with Gasteiger partial charge in [-0.15, -0.1) is 10.2 Å². The van der Waals surface area contributed by atoms with Crippen molar-refractivity contribution < 1.29 is 17.6 Å². The topological polar surface area (TPSA) is 68.8 Å². The molecule has 0 radical (unpaired) electrons. The predicted octanol–water partition coefficient (Wildman–Crippen LogP) is 8.20. The van der Waals surface area contributed by atoms with E-state index in [0.29, 0.717) is 36.0 Å².